The van der Waals surface area contributed by atoms with Gasteiger partial charge in [0.05, 0.1) is 5.92 Å². The smallest absolute Gasteiger partial charge is 0.308 e. The van der Waals surface area contributed by atoms with E-state index in [1.165, 1.54) is 0 Å². The van der Waals surface area contributed by atoms with Crippen molar-refractivity contribution in [3.05, 3.63) is 29.3 Å². The number of aliphatic carboxylic acids is 1. The molecule has 6 heteroatoms. The maximum absolute atomic E-state index is 12.6. The van der Waals surface area contributed by atoms with Crippen LogP contribution in [0.3, 0.4) is 0 Å². The highest BCUT2D eigenvalue weighted by Gasteiger charge is 2.30. The molecule has 0 heterocycles. The second-order valence-electron chi connectivity index (χ2n) is 7.84. The van der Waals surface area contributed by atoms with Crippen molar-refractivity contribution in [3.63, 3.8) is 0 Å². The van der Waals surface area contributed by atoms with E-state index in [1.54, 1.807) is 18.2 Å². The molecule has 2 rings (SSSR count). The molecular weight excluding hydrogens is 344 g/mol. The summed E-state index contributed by atoms with van der Waals surface area (Å²) in [5, 5.41) is 15.2. The summed E-state index contributed by atoms with van der Waals surface area (Å²) in [4.78, 5) is 36.1. The lowest BCUT2D eigenvalue weighted by Crippen LogP contribution is -2.42. The molecule has 2 atom stereocenters. The van der Waals surface area contributed by atoms with Crippen molar-refractivity contribution >= 4 is 23.5 Å². The standard InChI is InChI=1S/C21H30N2O4/c1-13(2)11-19(24)22-17-10-9-15(12-14(17)3)20(25)23-18-8-6-4-5-7-16(18)21(26)27/h9-10,12-13,16,18H,4-8,11H2,1-3H3,(H,22,24)(H,23,25)(H,26,27)/t16-,18+/m1/s1. The molecule has 1 aliphatic rings. The second kappa shape index (κ2) is 9.53. The number of carbonyl (C=O) groups excluding carboxylic acids is 2. The van der Waals surface area contributed by atoms with Crippen LogP contribution in [0.4, 0.5) is 5.69 Å². The fourth-order valence-electron chi connectivity index (χ4n) is 3.54. The minimum absolute atomic E-state index is 0.0481. The molecule has 0 aliphatic heterocycles. The summed E-state index contributed by atoms with van der Waals surface area (Å²) in [6.07, 6.45) is 4.53. The molecule has 0 bridgehead atoms. The average Bonchev–Trinajstić information content (AvgIpc) is 2.81. The fourth-order valence-corrected chi connectivity index (χ4v) is 3.54. The second-order valence-corrected chi connectivity index (χ2v) is 7.84. The quantitative estimate of drug-likeness (QED) is 0.661. The van der Waals surface area contributed by atoms with Gasteiger partial charge in [-0.3, -0.25) is 14.4 Å². The molecule has 0 saturated heterocycles. The molecule has 1 fully saturated rings. The summed E-state index contributed by atoms with van der Waals surface area (Å²) < 4.78 is 0. The van der Waals surface area contributed by atoms with E-state index in [2.05, 4.69) is 10.6 Å². The lowest BCUT2D eigenvalue weighted by molar-refractivity contribution is -0.142. The third-order valence-corrected chi connectivity index (χ3v) is 5.01. The van der Waals surface area contributed by atoms with E-state index >= 15 is 0 Å². The molecule has 1 aromatic carbocycles. The number of nitrogens with one attached hydrogen (secondary N) is 2. The number of aryl methyl sites for hydroxylation is 1. The van der Waals surface area contributed by atoms with Gasteiger partial charge in [0.1, 0.15) is 0 Å². The summed E-state index contributed by atoms with van der Waals surface area (Å²) >= 11 is 0. The number of carbonyl (C=O) groups is 3. The van der Waals surface area contributed by atoms with Crippen LogP contribution in [0.2, 0.25) is 0 Å². The number of rotatable bonds is 6. The van der Waals surface area contributed by atoms with Gasteiger partial charge in [-0.15, -0.1) is 0 Å². The maximum atomic E-state index is 12.6. The van der Waals surface area contributed by atoms with Crippen LogP contribution in [0.25, 0.3) is 0 Å². The predicted octanol–water partition coefficient (Wildman–Crippen LogP) is 3.74. The van der Waals surface area contributed by atoms with E-state index in [0.29, 0.717) is 30.5 Å². The highest BCUT2D eigenvalue weighted by Crippen LogP contribution is 2.24. The van der Waals surface area contributed by atoms with Crippen molar-refractivity contribution in [3.8, 4) is 0 Å². The van der Waals surface area contributed by atoms with Gasteiger partial charge in [-0.05, 0) is 49.4 Å². The average molecular weight is 374 g/mol. The minimum Gasteiger partial charge on any atom is -0.481 e. The summed E-state index contributed by atoms with van der Waals surface area (Å²) in [6.45, 7) is 5.81. The van der Waals surface area contributed by atoms with Crippen LogP contribution in [0, 0.1) is 18.8 Å². The third-order valence-electron chi connectivity index (χ3n) is 5.01. The number of hydrogen-bond acceptors (Lipinski definition) is 3. The number of carboxylic acids is 1. The van der Waals surface area contributed by atoms with Gasteiger partial charge in [0.15, 0.2) is 0 Å². The Balaban J connectivity index is 2.06. The highest BCUT2D eigenvalue weighted by molar-refractivity contribution is 5.97. The van der Waals surface area contributed by atoms with Crippen LogP contribution in [0.1, 0.15) is 68.3 Å². The van der Waals surface area contributed by atoms with Crippen molar-refractivity contribution in [1.29, 1.82) is 0 Å². The van der Waals surface area contributed by atoms with Crippen molar-refractivity contribution < 1.29 is 19.5 Å². The molecule has 0 unspecified atom stereocenters. The SMILES string of the molecule is Cc1cc(C(=O)N[C@H]2CCCCC[C@H]2C(=O)O)ccc1NC(=O)CC(C)C. The lowest BCUT2D eigenvalue weighted by Gasteiger charge is -2.23. The zero-order valence-corrected chi connectivity index (χ0v) is 16.4. The molecule has 0 spiro atoms. The van der Waals surface area contributed by atoms with Crippen molar-refractivity contribution in [2.45, 2.75) is 65.3 Å². The molecule has 1 saturated carbocycles. The van der Waals surface area contributed by atoms with Crippen LogP contribution in [-0.2, 0) is 9.59 Å². The Morgan fingerprint density at radius 3 is 2.48 bits per heavy atom. The summed E-state index contributed by atoms with van der Waals surface area (Å²) in [7, 11) is 0. The molecule has 6 nitrogen and oxygen atoms in total. The van der Waals surface area contributed by atoms with Crippen LogP contribution in [0.5, 0.6) is 0 Å². The summed E-state index contributed by atoms with van der Waals surface area (Å²) in [5.41, 5.74) is 1.97. The largest absolute Gasteiger partial charge is 0.481 e. The van der Waals surface area contributed by atoms with Gasteiger partial charge in [-0.25, -0.2) is 0 Å². The first-order valence-corrected chi connectivity index (χ1v) is 9.72. The van der Waals surface area contributed by atoms with E-state index < -0.39 is 11.9 Å². The number of anilines is 1. The molecule has 1 aliphatic carbocycles. The van der Waals surface area contributed by atoms with Crippen molar-refractivity contribution in [2.75, 3.05) is 5.32 Å². The predicted molar refractivity (Wildman–Crippen MR) is 105 cm³/mol. The monoisotopic (exact) mass is 374 g/mol. The van der Waals surface area contributed by atoms with Crippen LogP contribution >= 0.6 is 0 Å². The number of carboxylic acid groups (broad SMARTS) is 1. The normalized spacial score (nSPS) is 20.0. The minimum atomic E-state index is -0.846. The van der Waals surface area contributed by atoms with E-state index in [0.717, 1.165) is 24.8 Å². The first-order chi connectivity index (χ1) is 12.8. The van der Waals surface area contributed by atoms with Gasteiger partial charge in [0.25, 0.3) is 5.91 Å². The molecule has 3 N–H and O–H groups in total. The molecule has 148 valence electrons. The number of hydrogen-bond donors (Lipinski definition) is 3. The fraction of sp³-hybridized carbons (Fsp3) is 0.571. The van der Waals surface area contributed by atoms with Gasteiger partial charge in [0.2, 0.25) is 5.91 Å². The molecule has 0 radical (unpaired) electrons. The molecule has 2 amide bonds. The van der Waals surface area contributed by atoms with E-state index in [4.69, 9.17) is 0 Å². The Morgan fingerprint density at radius 1 is 1.15 bits per heavy atom. The molecule has 27 heavy (non-hydrogen) atoms. The van der Waals surface area contributed by atoms with Gasteiger partial charge < -0.3 is 15.7 Å². The lowest BCUT2D eigenvalue weighted by atomic mass is 9.94. The van der Waals surface area contributed by atoms with E-state index in [9.17, 15) is 19.5 Å². The first kappa shape index (κ1) is 20.9. The zero-order valence-electron chi connectivity index (χ0n) is 16.4. The van der Waals surface area contributed by atoms with Crippen molar-refractivity contribution in [1.82, 2.24) is 5.32 Å². The molecular formula is C21H30N2O4. The Labute approximate surface area is 160 Å². The maximum Gasteiger partial charge on any atom is 0.308 e. The summed E-state index contributed by atoms with van der Waals surface area (Å²) in [5.74, 6) is -1.42. The number of amides is 2. The first-order valence-electron chi connectivity index (χ1n) is 9.72. The Bertz CT molecular complexity index is 699. The highest BCUT2D eigenvalue weighted by atomic mass is 16.4. The molecule has 0 aromatic heterocycles. The van der Waals surface area contributed by atoms with Crippen LogP contribution < -0.4 is 10.6 Å². The van der Waals surface area contributed by atoms with Crippen LogP contribution in [0.15, 0.2) is 18.2 Å². The van der Waals surface area contributed by atoms with Gasteiger partial charge >= 0.3 is 5.97 Å². The third kappa shape index (κ3) is 6.08. The van der Waals surface area contributed by atoms with Crippen LogP contribution in [-0.4, -0.2) is 28.9 Å². The molecule has 1 aromatic rings. The van der Waals surface area contributed by atoms with E-state index in [-0.39, 0.29) is 23.8 Å². The van der Waals surface area contributed by atoms with E-state index in [1.807, 2.05) is 20.8 Å². The summed E-state index contributed by atoms with van der Waals surface area (Å²) in [6, 6.07) is 4.78. The van der Waals surface area contributed by atoms with Crippen molar-refractivity contribution in [2.24, 2.45) is 11.8 Å². The number of benzene rings is 1. The Kier molecular flexibility index (Phi) is 7.39. The van der Waals surface area contributed by atoms with Gasteiger partial charge in [0, 0.05) is 23.7 Å². The Morgan fingerprint density at radius 2 is 1.85 bits per heavy atom. The Hall–Kier alpha value is -2.37. The van der Waals surface area contributed by atoms with Gasteiger partial charge in [-0.2, -0.15) is 0 Å². The van der Waals surface area contributed by atoms with Gasteiger partial charge in [-0.1, -0.05) is 33.1 Å². The zero-order chi connectivity index (χ0) is 20.0. The topological polar surface area (TPSA) is 95.5 Å².